The van der Waals surface area contributed by atoms with Crippen molar-refractivity contribution >= 4 is 22.8 Å². The van der Waals surface area contributed by atoms with Gasteiger partial charge in [-0.3, -0.25) is 13.7 Å². The zero-order valence-corrected chi connectivity index (χ0v) is 35.0. The Morgan fingerprint density at radius 3 is 1.18 bits per heavy atom. The summed E-state index contributed by atoms with van der Waals surface area (Å²) in [6.45, 7) is 15.3. The number of unbranched alkanes of at least 4 members (excludes halogenated alkanes) is 8. The molecule has 0 rings (SSSR count). The maximum Gasteiger partial charge on any atom is 0.328 e. The molecule has 0 bridgehead atoms. The van der Waals surface area contributed by atoms with Crippen molar-refractivity contribution < 1.29 is 41.9 Å². The van der Waals surface area contributed by atoms with Crippen LogP contribution in [0.3, 0.4) is 0 Å². The normalized spacial score (nSPS) is 18.9. The molecule has 0 aliphatic rings. The van der Waals surface area contributed by atoms with Crippen LogP contribution in [0, 0.1) is 23.2 Å². The van der Waals surface area contributed by atoms with Crippen LogP contribution in [0.4, 0.5) is 0 Å². The highest BCUT2D eigenvalue weighted by Crippen LogP contribution is 2.52. The Kier molecular flexibility index (Phi) is 27.9. The van der Waals surface area contributed by atoms with Crippen molar-refractivity contribution in [2.45, 2.75) is 164 Å². The van der Waals surface area contributed by atoms with Crippen molar-refractivity contribution in [1.29, 1.82) is 0 Å². The molecule has 9 nitrogen and oxygen atoms in total. The van der Waals surface area contributed by atoms with Crippen molar-refractivity contribution in [3.8, 4) is 0 Å². The topological polar surface area (TPSA) is 140 Å². The fraction of sp³-hybridized carbons (Fsp3) is 0.946. The summed E-state index contributed by atoms with van der Waals surface area (Å²) in [5.41, 5.74) is -1.17. The van der Waals surface area contributed by atoms with Crippen molar-refractivity contribution in [3.05, 3.63) is 12.7 Å². The first-order valence-corrected chi connectivity index (χ1v) is 24.9. The van der Waals surface area contributed by atoms with Gasteiger partial charge in [-0.15, -0.1) is 6.58 Å². The first-order chi connectivity index (χ1) is 23.2. The van der Waals surface area contributed by atoms with Crippen LogP contribution in [0.1, 0.15) is 164 Å². The Morgan fingerprint density at radius 2 is 0.878 bits per heavy atom. The first-order valence-electron chi connectivity index (χ1n) is 19.7. The zero-order chi connectivity index (χ0) is 37.2. The van der Waals surface area contributed by atoms with Crippen LogP contribution in [-0.4, -0.2) is 53.0 Å². The standard InChI is InChI=1S/C37H77O9P3/c1-8-15-19-20-21-22-23-27-37(31-44-47(38,39)28-34(12-5)24-16-9-2,32-45-48(40,41)29-35(13-6)25-17-10-3)33-46-49(42,43)30-36(14-7)26-18-11-4/h8,34-36H,1,9-33H2,2-7H3,(H,38,39)(H,40,41)(H,42,43). The molecule has 0 fully saturated rings. The lowest BCUT2D eigenvalue weighted by Crippen LogP contribution is -2.37. The molecule has 294 valence electrons. The van der Waals surface area contributed by atoms with Crippen LogP contribution < -0.4 is 0 Å². The smallest absolute Gasteiger partial charge is 0.324 e. The highest BCUT2D eigenvalue weighted by molar-refractivity contribution is 7.53. The molecule has 12 heteroatoms. The molecule has 0 heterocycles. The molecule has 0 aliphatic carbocycles. The van der Waals surface area contributed by atoms with Gasteiger partial charge < -0.3 is 28.3 Å². The van der Waals surface area contributed by atoms with Gasteiger partial charge in [0.15, 0.2) is 0 Å². The van der Waals surface area contributed by atoms with Crippen LogP contribution in [-0.2, 0) is 27.3 Å². The molecule has 0 radical (unpaired) electrons. The Bertz CT molecular complexity index is 874. The zero-order valence-electron chi connectivity index (χ0n) is 32.3. The monoisotopic (exact) mass is 758 g/mol. The van der Waals surface area contributed by atoms with E-state index < -0.39 is 28.2 Å². The summed E-state index contributed by atoms with van der Waals surface area (Å²) in [7, 11) is -12.2. The molecule has 6 unspecified atom stereocenters. The lowest BCUT2D eigenvalue weighted by molar-refractivity contribution is 0.0132. The Hall–Kier alpha value is 0.190. The van der Waals surface area contributed by atoms with E-state index in [1.54, 1.807) is 0 Å². The van der Waals surface area contributed by atoms with Gasteiger partial charge in [-0.25, -0.2) is 0 Å². The maximum atomic E-state index is 13.5. The van der Waals surface area contributed by atoms with E-state index in [9.17, 15) is 28.4 Å². The Morgan fingerprint density at radius 1 is 0.551 bits per heavy atom. The third kappa shape index (κ3) is 25.0. The van der Waals surface area contributed by atoms with Crippen LogP contribution in [0.5, 0.6) is 0 Å². The molecule has 0 aromatic rings. The predicted molar refractivity (Wildman–Crippen MR) is 207 cm³/mol. The van der Waals surface area contributed by atoms with E-state index in [-0.39, 0.29) is 56.1 Å². The molecular weight excluding hydrogens is 681 g/mol. The Labute approximate surface area is 301 Å². The largest absolute Gasteiger partial charge is 0.328 e. The summed E-state index contributed by atoms with van der Waals surface area (Å²) in [6, 6.07) is 0. The summed E-state index contributed by atoms with van der Waals surface area (Å²) < 4.78 is 58.0. The maximum absolute atomic E-state index is 13.5. The van der Waals surface area contributed by atoms with E-state index >= 15 is 0 Å². The molecule has 0 aliphatic heterocycles. The van der Waals surface area contributed by atoms with Gasteiger partial charge in [-0.2, -0.15) is 0 Å². The van der Waals surface area contributed by atoms with E-state index in [4.69, 9.17) is 13.6 Å². The minimum Gasteiger partial charge on any atom is -0.324 e. The summed E-state index contributed by atoms with van der Waals surface area (Å²) in [5, 5.41) is 0. The van der Waals surface area contributed by atoms with Gasteiger partial charge in [-0.1, -0.05) is 131 Å². The highest BCUT2D eigenvalue weighted by atomic mass is 31.2. The van der Waals surface area contributed by atoms with Crippen molar-refractivity contribution in [3.63, 3.8) is 0 Å². The van der Waals surface area contributed by atoms with Crippen LogP contribution in [0.25, 0.3) is 0 Å². The molecule has 0 saturated heterocycles. The first kappa shape index (κ1) is 49.2. The molecular formula is C37H77O9P3. The van der Waals surface area contributed by atoms with Crippen LogP contribution in [0.15, 0.2) is 12.7 Å². The number of hydrogen-bond acceptors (Lipinski definition) is 6. The molecule has 6 atom stereocenters. The van der Waals surface area contributed by atoms with E-state index in [0.29, 0.717) is 12.8 Å². The van der Waals surface area contributed by atoms with E-state index in [0.717, 1.165) is 109 Å². The molecule has 3 N–H and O–H groups in total. The van der Waals surface area contributed by atoms with Crippen LogP contribution in [0.2, 0.25) is 0 Å². The minimum atomic E-state index is -4.05. The number of hydrogen-bond donors (Lipinski definition) is 3. The SMILES string of the molecule is C=CCCCCCCCC(COP(=O)(O)CC(CC)CCCC)(COP(=O)(O)CC(CC)CCCC)COP(=O)(O)CC(CC)CCCC. The average Bonchev–Trinajstić information content (AvgIpc) is 3.06. The second-order valence-corrected chi connectivity index (χ2v) is 20.3. The minimum absolute atomic E-state index is 0.0206. The predicted octanol–water partition coefficient (Wildman–Crippen LogP) is 12.1. The van der Waals surface area contributed by atoms with Crippen molar-refractivity contribution in [2.75, 3.05) is 38.3 Å². The number of rotatable bonds is 35. The fourth-order valence-electron chi connectivity index (χ4n) is 6.26. The van der Waals surface area contributed by atoms with Gasteiger partial charge in [0.1, 0.15) is 0 Å². The van der Waals surface area contributed by atoms with Gasteiger partial charge in [-0.05, 0) is 56.3 Å². The van der Waals surface area contributed by atoms with Gasteiger partial charge >= 0.3 is 22.8 Å². The van der Waals surface area contributed by atoms with E-state index in [2.05, 4.69) is 27.4 Å². The quantitative estimate of drug-likeness (QED) is 0.0327. The average molecular weight is 759 g/mol. The summed E-state index contributed by atoms with van der Waals surface area (Å²) in [6.07, 6.45) is 18.5. The highest BCUT2D eigenvalue weighted by Gasteiger charge is 2.40. The fourth-order valence-corrected chi connectivity index (χ4v) is 11.3. The van der Waals surface area contributed by atoms with Crippen molar-refractivity contribution in [1.82, 2.24) is 0 Å². The molecule has 0 spiro atoms. The molecule has 49 heavy (non-hydrogen) atoms. The van der Waals surface area contributed by atoms with E-state index in [1.807, 2.05) is 26.8 Å². The lowest BCUT2D eigenvalue weighted by Gasteiger charge is -2.35. The van der Waals surface area contributed by atoms with Gasteiger partial charge in [0.2, 0.25) is 0 Å². The van der Waals surface area contributed by atoms with Gasteiger partial charge in [0.25, 0.3) is 0 Å². The summed E-state index contributed by atoms with van der Waals surface area (Å²) >= 11 is 0. The molecule has 0 aromatic carbocycles. The third-order valence-electron chi connectivity index (χ3n) is 9.93. The second kappa shape index (κ2) is 27.7. The Balaban J connectivity index is 6.32. The number of allylic oxidation sites excluding steroid dienone is 1. The van der Waals surface area contributed by atoms with Crippen molar-refractivity contribution in [2.24, 2.45) is 23.2 Å². The van der Waals surface area contributed by atoms with Gasteiger partial charge in [0, 0.05) is 5.41 Å². The second-order valence-electron chi connectivity index (χ2n) is 14.6. The molecule has 0 amide bonds. The van der Waals surface area contributed by atoms with Gasteiger partial charge in [0.05, 0.1) is 38.3 Å². The molecule has 0 saturated carbocycles. The van der Waals surface area contributed by atoms with Crippen LogP contribution >= 0.6 is 22.8 Å². The summed E-state index contributed by atoms with van der Waals surface area (Å²) in [5.74, 6) is 0.102. The van der Waals surface area contributed by atoms with E-state index in [1.165, 1.54) is 0 Å². The lowest BCUT2D eigenvalue weighted by atomic mass is 9.85. The summed E-state index contributed by atoms with van der Waals surface area (Å²) in [4.78, 5) is 33.1. The third-order valence-corrected chi connectivity index (χ3v) is 14.5. The molecule has 0 aromatic heterocycles.